The van der Waals surface area contributed by atoms with Crippen molar-refractivity contribution in [3.63, 3.8) is 0 Å². The van der Waals surface area contributed by atoms with E-state index in [1.165, 1.54) is 11.3 Å². The Morgan fingerprint density at radius 2 is 1.93 bits per heavy atom. The fourth-order valence-electron chi connectivity index (χ4n) is 2.47. The Hall–Kier alpha value is -3.65. The number of aryl methyl sites for hydroxylation is 1. The maximum Gasteiger partial charge on any atom is 0.277 e. The number of benzene rings is 2. The van der Waals surface area contributed by atoms with Crippen molar-refractivity contribution in [2.45, 2.75) is 6.92 Å². The molecule has 0 radical (unpaired) electrons. The van der Waals surface area contributed by atoms with E-state index in [2.05, 4.69) is 20.8 Å². The number of hydrogen-bond donors (Lipinski definition) is 3. The first-order valence-corrected chi connectivity index (χ1v) is 9.32. The molecule has 2 aromatic heterocycles. The van der Waals surface area contributed by atoms with Gasteiger partial charge in [0.15, 0.2) is 16.6 Å². The molecule has 0 fully saturated rings. The fraction of sp³-hybridized carbons (Fsp3) is 0.0500. The number of carbonyl (C=O) groups excluding carboxylic acids is 1. The van der Waals surface area contributed by atoms with Crippen molar-refractivity contribution in [2.24, 2.45) is 0 Å². The molecule has 4 rings (SSSR count). The van der Waals surface area contributed by atoms with E-state index in [0.29, 0.717) is 22.3 Å². The third-order valence-electron chi connectivity index (χ3n) is 3.99. The largest absolute Gasteiger partial charge is 0.508 e. The highest BCUT2D eigenvalue weighted by atomic mass is 32.1. The molecule has 0 saturated carbocycles. The van der Waals surface area contributed by atoms with Gasteiger partial charge in [0.05, 0.1) is 0 Å². The van der Waals surface area contributed by atoms with Gasteiger partial charge < -0.3 is 20.3 Å². The van der Waals surface area contributed by atoms with Crippen LogP contribution >= 0.6 is 11.3 Å². The minimum absolute atomic E-state index is 0.171. The molecule has 2 aromatic carbocycles. The molecule has 4 aromatic rings. The van der Waals surface area contributed by atoms with Crippen molar-refractivity contribution < 1.29 is 14.4 Å². The molecule has 0 atom stereocenters. The van der Waals surface area contributed by atoms with Crippen LogP contribution in [0.15, 0.2) is 64.5 Å². The molecule has 28 heavy (non-hydrogen) atoms. The van der Waals surface area contributed by atoms with Gasteiger partial charge in [0.1, 0.15) is 11.4 Å². The topological polar surface area (TPSA) is 100 Å². The molecule has 0 saturated heterocycles. The average molecular weight is 392 g/mol. The van der Waals surface area contributed by atoms with Gasteiger partial charge in [-0.2, -0.15) is 0 Å². The van der Waals surface area contributed by atoms with Crippen LogP contribution in [-0.2, 0) is 0 Å². The number of aromatic hydroxyl groups is 1. The minimum atomic E-state index is -0.357. The number of carbonyl (C=O) groups is 1. The number of hydrogen-bond acceptors (Lipinski definition) is 7. The van der Waals surface area contributed by atoms with Crippen LogP contribution in [0.2, 0.25) is 0 Å². The molecule has 0 aliphatic heterocycles. The van der Waals surface area contributed by atoms with Crippen LogP contribution in [0, 0.1) is 6.92 Å². The van der Waals surface area contributed by atoms with Gasteiger partial charge >= 0.3 is 0 Å². The van der Waals surface area contributed by atoms with Crippen molar-refractivity contribution in [3.8, 4) is 17.2 Å². The molecule has 8 heteroatoms. The summed E-state index contributed by atoms with van der Waals surface area (Å²) in [6, 6.07) is 16.0. The summed E-state index contributed by atoms with van der Waals surface area (Å²) in [4.78, 5) is 16.7. The summed E-state index contributed by atoms with van der Waals surface area (Å²) in [6.07, 6.45) is 0. The summed E-state index contributed by atoms with van der Waals surface area (Å²) in [6.45, 7) is 1.83. The van der Waals surface area contributed by atoms with Gasteiger partial charge in [-0.1, -0.05) is 29.4 Å². The molecule has 0 unspecified atom stereocenters. The zero-order valence-corrected chi connectivity index (χ0v) is 15.7. The number of nitrogens with zero attached hydrogens (tertiary/aromatic N) is 2. The lowest BCUT2D eigenvalue weighted by atomic mass is 10.2. The first-order valence-electron chi connectivity index (χ1n) is 8.44. The number of nitrogens with one attached hydrogen (secondary N) is 2. The summed E-state index contributed by atoms with van der Waals surface area (Å²) in [5.41, 5.74) is 2.94. The number of anilines is 3. The van der Waals surface area contributed by atoms with Crippen molar-refractivity contribution in [2.75, 3.05) is 10.6 Å². The molecular formula is C20H16N4O3S. The number of phenols is 1. The number of rotatable bonds is 5. The number of para-hydroxylation sites is 1. The van der Waals surface area contributed by atoms with Crippen molar-refractivity contribution in [1.29, 1.82) is 0 Å². The van der Waals surface area contributed by atoms with Crippen LogP contribution < -0.4 is 10.6 Å². The number of phenolic OH excluding ortho intramolecular Hbond substituents is 1. The average Bonchev–Trinajstić information content (AvgIpc) is 3.35. The van der Waals surface area contributed by atoms with Crippen LogP contribution in [0.4, 0.5) is 16.5 Å². The zero-order valence-electron chi connectivity index (χ0n) is 14.8. The van der Waals surface area contributed by atoms with Gasteiger partial charge in [-0.3, -0.25) is 4.79 Å². The second-order valence-corrected chi connectivity index (χ2v) is 6.92. The Morgan fingerprint density at radius 3 is 2.71 bits per heavy atom. The summed E-state index contributed by atoms with van der Waals surface area (Å²) in [5.74, 6) is 0.255. The molecule has 2 heterocycles. The highest BCUT2D eigenvalue weighted by Gasteiger charge is 2.16. The van der Waals surface area contributed by atoms with E-state index < -0.39 is 0 Å². The number of aromatic nitrogens is 2. The summed E-state index contributed by atoms with van der Waals surface area (Å²) in [7, 11) is 0. The number of amides is 1. The lowest BCUT2D eigenvalue weighted by Crippen LogP contribution is -2.11. The molecule has 0 spiro atoms. The molecule has 0 bridgehead atoms. The fourth-order valence-corrected chi connectivity index (χ4v) is 3.19. The van der Waals surface area contributed by atoms with Crippen LogP contribution in [-0.4, -0.2) is 21.2 Å². The third kappa shape index (κ3) is 3.86. The Bertz CT molecular complexity index is 1120. The number of thiazole rings is 1. The predicted molar refractivity (Wildman–Crippen MR) is 108 cm³/mol. The monoisotopic (exact) mass is 392 g/mol. The van der Waals surface area contributed by atoms with E-state index in [9.17, 15) is 9.90 Å². The second kappa shape index (κ2) is 7.53. The van der Waals surface area contributed by atoms with Gasteiger partial charge in [0.25, 0.3) is 5.91 Å². The Morgan fingerprint density at radius 1 is 1.11 bits per heavy atom. The predicted octanol–water partition coefficient (Wildman–Crippen LogP) is 4.81. The van der Waals surface area contributed by atoms with Crippen molar-refractivity contribution >= 4 is 33.8 Å². The highest BCUT2D eigenvalue weighted by molar-refractivity contribution is 7.14. The molecule has 140 valence electrons. The lowest BCUT2D eigenvalue weighted by molar-refractivity contribution is 0.101. The summed E-state index contributed by atoms with van der Waals surface area (Å²) in [5, 5.41) is 21.9. The minimum Gasteiger partial charge on any atom is -0.508 e. The zero-order chi connectivity index (χ0) is 19.5. The van der Waals surface area contributed by atoms with Gasteiger partial charge in [0.2, 0.25) is 0 Å². The molecular weight excluding hydrogens is 376 g/mol. The highest BCUT2D eigenvalue weighted by Crippen LogP contribution is 2.29. The molecule has 0 aliphatic carbocycles. The first-order chi connectivity index (χ1) is 13.6. The third-order valence-corrected chi connectivity index (χ3v) is 4.75. The molecule has 1 amide bonds. The van der Waals surface area contributed by atoms with E-state index >= 15 is 0 Å². The Labute approximate surface area is 164 Å². The van der Waals surface area contributed by atoms with Crippen molar-refractivity contribution in [3.05, 3.63) is 71.2 Å². The normalized spacial score (nSPS) is 10.6. The van der Waals surface area contributed by atoms with E-state index in [0.717, 1.165) is 11.3 Å². The quantitative estimate of drug-likeness (QED) is 0.451. The first kappa shape index (κ1) is 17.7. The lowest BCUT2D eigenvalue weighted by Gasteiger charge is -2.04. The summed E-state index contributed by atoms with van der Waals surface area (Å²) < 4.78 is 5.27. The maximum absolute atomic E-state index is 12.3. The van der Waals surface area contributed by atoms with E-state index in [4.69, 9.17) is 4.52 Å². The van der Waals surface area contributed by atoms with Gasteiger partial charge in [-0.15, -0.1) is 11.3 Å². The molecule has 7 nitrogen and oxygen atoms in total. The maximum atomic E-state index is 12.3. The van der Waals surface area contributed by atoms with Crippen LogP contribution in [0.25, 0.3) is 11.5 Å². The van der Waals surface area contributed by atoms with Gasteiger partial charge in [0, 0.05) is 28.9 Å². The van der Waals surface area contributed by atoms with Crippen LogP contribution in [0.3, 0.4) is 0 Å². The Kier molecular flexibility index (Phi) is 4.77. The summed E-state index contributed by atoms with van der Waals surface area (Å²) >= 11 is 1.38. The van der Waals surface area contributed by atoms with Gasteiger partial charge in [-0.25, -0.2) is 4.98 Å². The van der Waals surface area contributed by atoms with Crippen LogP contribution in [0.1, 0.15) is 16.1 Å². The second-order valence-electron chi connectivity index (χ2n) is 6.06. The molecule has 3 N–H and O–H groups in total. The molecule has 0 aliphatic rings. The van der Waals surface area contributed by atoms with Crippen molar-refractivity contribution in [1.82, 2.24) is 10.1 Å². The SMILES string of the molecule is Cc1ccc(Nc2nc(-c3cc(C(=O)Nc4ccccc4)no3)cs2)cc1O. The standard InChI is InChI=1S/C20H16N4O3S/c1-12-7-8-14(9-17(12)25)22-20-23-16(11-28-20)18-10-15(24-27-18)19(26)21-13-5-3-2-4-6-13/h2-11,25H,1H3,(H,21,26)(H,22,23). The van der Waals surface area contributed by atoms with Crippen LogP contribution in [0.5, 0.6) is 5.75 Å². The van der Waals surface area contributed by atoms with Gasteiger partial charge in [-0.05, 0) is 30.7 Å². The smallest absolute Gasteiger partial charge is 0.277 e. The van der Waals surface area contributed by atoms with E-state index in [-0.39, 0.29) is 17.4 Å². The van der Waals surface area contributed by atoms with E-state index in [1.54, 1.807) is 29.6 Å². The van der Waals surface area contributed by atoms with E-state index in [1.807, 2.05) is 37.3 Å². The Balaban J connectivity index is 1.47.